The number of anilines is 2. The van der Waals surface area contributed by atoms with Crippen molar-refractivity contribution < 1.29 is 41.0 Å². The second kappa shape index (κ2) is 11.0. The number of alkyl carbamates (subject to hydrolysis) is 1. The van der Waals surface area contributed by atoms with E-state index in [1.807, 2.05) is 0 Å². The molecule has 0 saturated carbocycles. The van der Waals surface area contributed by atoms with Gasteiger partial charge in [-0.1, -0.05) is 6.07 Å². The number of carbonyl (C=O) groups excluding carboxylic acids is 2. The van der Waals surface area contributed by atoms with E-state index in [0.29, 0.717) is 5.56 Å². The predicted octanol–water partition coefficient (Wildman–Crippen LogP) is 5.19. The fourth-order valence-electron chi connectivity index (χ4n) is 3.67. The van der Waals surface area contributed by atoms with Crippen LogP contribution in [0.3, 0.4) is 0 Å². The molecule has 2 amide bonds. The number of aryl methyl sites for hydroxylation is 1. The molecule has 0 aromatic carbocycles. The summed E-state index contributed by atoms with van der Waals surface area (Å²) < 4.78 is 75.2. The summed E-state index contributed by atoms with van der Waals surface area (Å²) in [5.41, 5.74) is -0.352. The van der Waals surface area contributed by atoms with Crippen LogP contribution in [0.25, 0.3) is 0 Å². The molecule has 0 aliphatic carbocycles. The van der Waals surface area contributed by atoms with Gasteiger partial charge in [0.05, 0.1) is 12.6 Å². The first-order valence-corrected chi connectivity index (χ1v) is 11.6. The van der Waals surface area contributed by atoms with E-state index in [1.165, 1.54) is 12.1 Å². The molecule has 1 saturated heterocycles. The number of likely N-dealkylation sites (tertiary alicyclic amines) is 1. The van der Waals surface area contributed by atoms with Crippen molar-refractivity contribution in [2.24, 2.45) is 0 Å². The summed E-state index contributed by atoms with van der Waals surface area (Å²) in [6.07, 6.45) is -5.15. The van der Waals surface area contributed by atoms with Gasteiger partial charge in [-0.3, -0.25) is 4.79 Å². The van der Waals surface area contributed by atoms with Gasteiger partial charge in [0.15, 0.2) is 0 Å². The van der Waals surface area contributed by atoms with Crippen molar-refractivity contribution in [3.05, 3.63) is 41.7 Å². The maximum atomic E-state index is 14.3. The molecule has 1 aliphatic rings. The molecule has 3 rings (SSSR count). The number of aromatic nitrogens is 2. The number of hydrogen-bond donors (Lipinski definition) is 2. The van der Waals surface area contributed by atoms with Gasteiger partial charge in [0, 0.05) is 24.2 Å². The highest BCUT2D eigenvalue weighted by atomic mass is 19.4. The number of pyridine rings is 2. The molecule has 38 heavy (non-hydrogen) atoms. The van der Waals surface area contributed by atoms with Gasteiger partial charge in [-0.05, 0) is 51.8 Å². The van der Waals surface area contributed by atoms with Crippen molar-refractivity contribution in [3.8, 4) is 5.75 Å². The first kappa shape index (κ1) is 28.9. The lowest BCUT2D eigenvalue weighted by Crippen LogP contribution is -2.54. The Morgan fingerprint density at radius 1 is 1.16 bits per heavy atom. The topological polar surface area (TPSA) is 106 Å². The Morgan fingerprint density at radius 2 is 1.87 bits per heavy atom. The van der Waals surface area contributed by atoms with Crippen LogP contribution in [0.15, 0.2) is 30.5 Å². The fraction of sp³-hybridized carbons (Fsp3) is 0.500. The van der Waals surface area contributed by atoms with Crippen molar-refractivity contribution in [1.82, 2.24) is 20.2 Å². The van der Waals surface area contributed by atoms with Crippen LogP contribution in [-0.2, 0) is 4.74 Å². The summed E-state index contributed by atoms with van der Waals surface area (Å²) in [6, 6.07) is 4.13. The molecule has 2 N–H and O–H groups in total. The van der Waals surface area contributed by atoms with Crippen LogP contribution < -0.4 is 15.4 Å². The average molecular weight is 546 g/mol. The monoisotopic (exact) mass is 545 g/mol. The van der Waals surface area contributed by atoms with Gasteiger partial charge < -0.3 is 25.0 Å². The zero-order valence-corrected chi connectivity index (χ0v) is 21.2. The number of nitrogens with zero attached hydrogens (tertiary/aromatic N) is 3. The van der Waals surface area contributed by atoms with Crippen LogP contribution >= 0.6 is 0 Å². The maximum absolute atomic E-state index is 14.3. The first-order valence-electron chi connectivity index (χ1n) is 11.6. The van der Waals surface area contributed by atoms with Gasteiger partial charge in [-0.15, -0.1) is 13.2 Å². The predicted molar refractivity (Wildman–Crippen MR) is 126 cm³/mol. The Labute approximate surface area is 215 Å². The van der Waals surface area contributed by atoms with Crippen molar-refractivity contribution in [2.75, 3.05) is 18.5 Å². The molecule has 0 radical (unpaired) electrons. The van der Waals surface area contributed by atoms with Crippen molar-refractivity contribution >= 4 is 23.6 Å². The molecule has 208 valence electrons. The molecule has 2 aromatic heterocycles. The average Bonchev–Trinajstić information content (AvgIpc) is 2.76. The van der Waals surface area contributed by atoms with Crippen LogP contribution in [-0.4, -0.2) is 63.9 Å². The Balaban J connectivity index is 1.80. The number of rotatable bonds is 6. The molecular formula is C24H28F5N5O4. The summed E-state index contributed by atoms with van der Waals surface area (Å²) in [7, 11) is 0. The van der Waals surface area contributed by atoms with E-state index in [2.05, 4.69) is 25.3 Å². The second-order valence-electron chi connectivity index (χ2n) is 9.87. The quantitative estimate of drug-likeness (QED) is 0.481. The van der Waals surface area contributed by atoms with Crippen molar-refractivity contribution in [3.63, 3.8) is 0 Å². The Kier molecular flexibility index (Phi) is 8.32. The number of nitrogens with one attached hydrogen (secondary N) is 2. The van der Waals surface area contributed by atoms with E-state index < -0.39 is 54.6 Å². The molecule has 1 aliphatic heterocycles. The van der Waals surface area contributed by atoms with E-state index >= 15 is 0 Å². The summed E-state index contributed by atoms with van der Waals surface area (Å²) in [4.78, 5) is 34.5. The number of alkyl halides is 5. The third-order valence-corrected chi connectivity index (χ3v) is 5.35. The number of halogens is 5. The Hall–Kier alpha value is -3.71. The first-order chi connectivity index (χ1) is 17.5. The molecule has 1 atom stereocenters. The minimum Gasteiger partial charge on any atom is -0.447 e. The largest absolute Gasteiger partial charge is 0.573 e. The minimum atomic E-state index is -4.90. The molecule has 0 spiro atoms. The third kappa shape index (κ3) is 8.42. The minimum absolute atomic E-state index is 0.0386. The molecule has 3 heterocycles. The molecular weight excluding hydrogens is 517 g/mol. The standard InChI is InChI=1S/C24H28F5N5O4/c1-14-5-6-17(31-18-11-16(8-10-30-18)38-24(27,28)29)32-19(14)20(35)34-13-23(25,26)9-7-15(34)12-37-21(36)33-22(2,3)4/h5-6,8,10-11,15H,7,9,12-13H2,1-4H3,(H,33,36)(H,30,31,32). The van der Waals surface area contributed by atoms with Gasteiger partial charge in [-0.2, -0.15) is 0 Å². The molecule has 14 heteroatoms. The van der Waals surface area contributed by atoms with E-state index in [9.17, 15) is 31.5 Å². The summed E-state index contributed by atoms with van der Waals surface area (Å²) >= 11 is 0. The van der Waals surface area contributed by atoms with E-state index in [-0.39, 0.29) is 30.4 Å². The van der Waals surface area contributed by atoms with Gasteiger partial charge in [0.1, 0.15) is 29.7 Å². The highest BCUT2D eigenvalue weighted by Gasteiger charge is 2.43. The van der Waals surface area contributed by atoms with Crippen LogP contribution in [0.2, 0.25) is 0 Å². The number of piperidine rings is 1. The third-order valence-electron chi connectivity index (χ3n) is 5.35. The molecule has 9 nitrogen and oxygen atoms in total. The lowest BCUT2D eigenvalue weighted by atomic mass is 9.98. The number of ether oxygens (including phenoxy) is 2. The van der Waals surface area contributed by atoms with Gasteiger partial charge >= 0.3 is 12.5 Å². The second-order valence-corrected chi connectivity index (χ2v) is 9.87. The molecule has 0 bridgehead atoms. The van der Waals surface area contributed by atoms with Gasteiger partial charge in [-0.25, -0.2) is 23.5 Å². The van der Waals surface area contributed by atoms with Gasteiger partial charge in [0.2, 0.25) is 0 Å². The van der Waals surface area contributed by atoms with E-state index in [0.717, 1.165) is 23.2 Å². The number of hydrogen-bond acceptors (Lipinski definition) is 7. The summed E-state index contributed by atoms with van der Waals surface area (Å²) in [6.45, 7) is 5.61. The van der Waals surface area contributed by atoms with Crippen LogP contribution in [0.1, 0.15) is 49.7 Å². The highest BCUT2D eigenvalue weighted by Crippen LogP contribution is 2.32. The highest BCUT2D eigenvalue weighted by molar-refractivity contribution is 5.94. The lowest BCUT2D eigenvalue weighted by Gasteiger charge is -2.39. The Morgan fingerprint density at radius 3 is 2.53 bits per heavy atom. The van der Waals surface area contributed by atoms with Crippen LogP contribution in [0, 0.1) is 6.92 Å². The van der Waals surface area contributed by atoms with E-state index in [1.54, 1.807) is 27.7 Å². The smallest absolute Gasteiger partial charge is 0.447 e. The van der Waals surface area contributed by atoms with Crippen molar-refractivity contribution in [1.29, 1.82) is 0 Å². The van der Waals surface area contributed by atoms with Gasteiger partial charge in [0.25, 0.3) is 11.8 Å². The zero-order valence-electron chi connectivity index (χ0n) is 21.2. The number of amides is 2. The van der Waals surface area contributed by atoms with Crippen LogP contribution in [0.4, 0.5) is 38.4 Å². The summed E-state index contributed by atoms with van der Waals surface area (Å²) in [5.74, 6) is -4.49. The molecule has 1 unspecified atom stereocenters. The lowest BCUT2D eigenvalue weighted by molar-refractivity contribution is -0.274. The van der Waals surface area contributed by atoms with E-state index in [4.69, 9.17) is 4.74 Å². The molecule has 2 aromatic rings. The normalized spacial score (nSPS) is 17.5. The van der Waals surface area contributed by atoms with Crippen LogP contribution in [0.5, 0.6) is 5.75 Å². The Bertz CT molecular complexity index is 1170. The fourth-order valence-corrected chi connectivity index (χ4v) is 3.67. The zero-order chi connectivity index (χ0) is 28.3. The molecule has 1 fully saturated rings. The number of carbonyl (C=O) groups is 2. The van der Waals surface area contributed by atoms with Crippen molar-refractivity contribution in [2.45, 2.75) is 64.4 Å². The SMILES string of the molecule is Cc1ccc(Nc2cc(OC(F)(F)F)ccn2)nc1C(=O)N1CC(F)(F)CCC1COC(=O)NC(C)(C)C. The maximum Gasteiger partial charge on any atom is 0.573 e. The summed E-state index contributed by atoms with van der Waals surface area (Å²) in [5, 5.41) is 5.27.